The lowest BCUT2D eigenvalue weighted by Gasteiger charge is -2.07. The van der Waals surface area contributed by atoms with E-state index in [4.69, 9.17) is 9.47 Å². The summed E-state index contributed by atoms with van der Waals surface area (Å²) in [6.45, 7) is 5.51. The SMILES string of the molecule is CCCOc1ccc(OC(=O)Cn2nc(C)c([N+](=O)[O-])c2C)cc1. The van der Waals surface area contributed by atoms with E-state index in [0.29, 0.717) is 23.8 Å². The monoisotopic (exact) mass is 333 g/mol. The van der Waals surface area contributed by atoms with Crippen LogP contribution in [-0.4, -0.2) is 27.3 Å². The van der Waals surface area contributed by atoms with Gasteiger partial charge in [-0.1, -0.05) is 6.92 Å². The van der Waals surface area contributed by atoms with Crippen LogP contribution in [-0.2, 0) is 11.3 Å². The molecule has 0 aliphatic heterocycles. The van der Waals surface area contributed by atoms with Crippen molar-refractivity contribution in [2.75, 3.05) is 6.61 Å². The third-order valence-corrected chi connectivity index (χ3v) is 3.33. The minimum atomic E-state index is -0.558. The van der Waals surface area contributed by atoms with Crippen molar-refractivity contribution in [3.63, 3.8) is 0 Å². The fraction of sp³-hybridized carbons (Fsp3) is 0.375. The molecular weight excluding hydrogens is 314 g/mol. The van der Waals surface area contributed by atoms with Gasteiger partial charge in [-0.15, -0.1) is 0 Å². The van der Waals surface area contributed by atoms with Crippen molar-refractivity contribution in [2.24, 2.45) is 0 Å². The molecule has 0 saturated carbocycles. The van der Waals surface area contributed by atoms with Crippen LogP contribution in [0.15, 0.2) is 24.3 Å². The molecule has 0 saturated heterocycles. The van der Waals surface area contributed by atoms with E-state index in [1.165, 1.54) is 11.6 Å². The third kappa shape index (κ3) is 4.09. The van der Waals surface area contributed by atoms with Crippen molar-refractivity contribution in [3.05, 3.63) is 45.8 Å². The molecule has 0 bridgehead atoms. The summed E-state index contributed by atoms with van der Waals surface area (Å²) in [5, 5.41) is 15.0. The predicted octanol–water partition coefficient (Wildman–Crippen LogP) is 2.80. The van der Waals surface area contributed by atoms with Crippen molar-refractivity contribution in [2.45, 2.75) is 33.7 Å². The van der Waals surface area contributed by atoms with Gasteiger partial charge >= 0.3 is 11.7 Å². The zero-order valence-electron chi connectivity index (χ0n) is 13.8. The van der Waals surface area contributed by atoms with Gasteiger partial charge < -0.3 is 9.47 Å². The zero-order valence-corrected chi connectivity index (χ0v) is 13.8. The number of benzene rings is 1. The Bertz CT molecular complexity index is 737. The molecule has 2 aromatic rings. The molecule has 0 atom stereocenters. The van der Waals surface area contributed by atoms with Crippen LogP contribution in [0.5, 0.6) is 11.5 Å². The summed E-state index contributed by atoms with van der Waals surface area (Å²) < 4.78 is 11.9. The molecular formula is C16H19N3O5. The van der Waals surface area contributed by atoms with Gasteiger partial charge in [0.2, 0.25) is 0 Å². The summed E-state index contributed by atoms with van der Waals surface area (Å²) >= 11 is 0. The van der Waals surface area contributed by atoms with Gasteiger partial charge in [-0.25, -0.2) is 4.79 Å². The minimum absolute atomic E-state index is 0.0831. The van der Waals surface area contributed by atoms with Gasteiger partial charge in [-0.3, -0.25) is 14.8 Å². The number of esters is 1. The molecule has 0 spiro atoms. The number of rotatable bonds is 7. The number of hydrogen-bond donors (Lipinski definition) is 0. The standard InChI is InChI=1S/C16H19N3O5/c1-4-9-23-13-5-7-14(8-6-13)24-15(20)10-18-12(3)16(19(21)22)11(2)17-18/h5-8H,4,9-10H2,1-3H3. The highest BCUT2D eigenvalue weighted by Gasteiger charge is 2.23. The van der Waals surface area contributed by atoms with Gasteiger partial charge in [-0.2, -0.15) is 5.10 Å². The Labute approximate surface area is 139 Å². The van der Waals surface area contributed by atoms with Gasteiger partial charge in [0.25, 0.3) is 0 Å². The van der Waals surface area contributed by atoms with Crippen molar-refractivity contribution < 1.29 is 19.2 Å². The molecule has 1 aromatic heterocycles. The van der Waals surface area contributed by atoms with E-state index in [2.05, 4.69) is 5.10 Å². The van der Waals surface area contributed by atoms with Crippen molar-refractivity contribution in [1.29, 1.82) is 0 Å². The van der Waals surface area contributed by atoms with Gasteiger partial charge in [0, 0.05) is 0 Å². The average Bonchev–Trinajstić information content (AvgIpc) is 2.80. The lowest BCUT2D eigenvalue weighted by atomic mass is 10.3. The van der Waals surface area contributed by atoms with Gasteiger partial charge in [0.05, 0.1) is 11.5 Å². The number of aromatic nitrogens is 2. The summed E-state index contributed by atoms with van der Waals surface area (Å²) in [4.78, 5) is 22.5. The van der Waals surface area contributed by atoms with Crippen LogP contribution in [0.1, 0.15) is 24.7 Å². The number of nitrogens with zero attached hydrogens (tertiary/aromatic N) is 3. The highest BCUT2D eigenvalue weighted by Crippen LogP contribution is 2.22. The van der Waals surface area contributed by atoms with Crippen molar-refractivity contribution >= 4 is 11.7 Å². The summed E-state index contributed by atoms with van der Waals surface area (Å²) in [6.07, 6.45) is 0.908. The lowest BCUT2D eigenvalue weighted by Crippen LogP contribution is -2.18. The molecule has 8 nitrogen and oxygen atoms in total. The lowest BCUT2D eigenvalue weighted by molar-refractivity contribution is -0.386. The first kappa shape index (κ1) is 17.5. The van der Waals surface area contributed by atoms with E-state index in [9.17, 15) is 14.9 Å². The molecule has 1 heterocycles. The Kier molecular flexibility index (Phi) is 5.51. The number of nitro groups is 1. The minimum Gasteiger partial charge on any atom is -0.494 e. The molecule has 0 unspecified atom stereocenters. The maximum Gasteiger partial charge on any atom is 0.333 e. The second kappa shape index (κ2) is 7.58. The van der Waals surface area contributed by atoms with Crippen LogP contribution in [0.3, 0.4) is 0 Å². The maximum atomic E-state index is 12.0. The summed E-state index contributed by atoms with van der Waals surface area (Å²) in [7, 11) is 0. The molecule has 8 heteroatoms. The Morgan fingerprint density at radius 1 is 1.25 bits per heavy atom. The third-order valence-electron chi connectivity index (χ3n) is 3.33. The van der Waals surface area contributed by atoms with Crippen molar-refractivity contribution in [3.8, 4) is 11.5 Å². The molecule has 0 fully saturated rings. The zero-order chi connectivity index (χ0) is 17.7. The summed E-state index contributed by atoms with van der Waals surface area (Å²) in [5.74, 6) is 0.517. The molecule has 2 rings (SSSR count). The smallest absolute Gasteiger partial charge is 0.333 e. The first-order valence-corrected chi connectivity index (χ1v) is 7.54. The van der Waals surface area contributed by atoms with Crippen LogP contribution in [0, 0.1) is 24.0 Å². The van der Waals surface area contributed by atoms with E-state index < -0.39 is 10.9 Å². The largest absolute Gasteiger partial charge is 0.494 e. The molecule has 0 aliphatic carbocycles. The normalized spacial score (nSPS) is 10.5. The van der Waals surface area contributed by atoms with E-state index in [0.717, 1.165) is 6.42 Å². The van der Waals surface area contributed by atoms with Crippen LogP contribution < -0.4 is 9.47 Å². The van der Waals surface area contributed by atoms with Gasteiger partial charge in [0.1, 0.15) is 29.4 Å². The van der Waals surface area contributed by atoms with Crippen LogP contribution >= 0.6 is 0 Å². The van der Waals surface area contributed by atoms with E-state index in [1.54, 1.807) is 31.2 Å². The van der Waals surface area contributed by atoms with Gasteiger partial charge in [0.15, 0.2) is 0 Å². The highest BCUT2D eigenvalue weighted by atomic mass is 16.6. The van der Waals surface area contributed by atoms with E-state index in [1.807, 2.05) is 6.92 Å². The molecule has 0 aliphatic rings. The average molecular weight is 333 g/mol. The number of hydrogen-bond acceptors (Lipinski definition) is 6. The quantitative estimate of drug-likeness (QED) is 0.334. The first-order chi connectivity index (χ1) is 11.4. The fourth-order valence-electron chi connectivity index (χ4n) is 2.22. The van der Waals surface area contributed by atoms with Gasteiger partial charge in [-0.05, 0) is 44.5 Å². The number of carbonyl (C=O) groups is 1. The molecule has 1 aromatic carbocycles. The van der Waals surface area contributed by atoms with E-state index >= 15 is 0 Å². The van der Waals surface area contributed by atoms with Crippen LogP contribution in [0.4, 0.5) is 5.69 Å². The fourth-order valence-corrected chi connectivity index (χ4v) is 2.22. The number of aryl methyl sites for hydroxylation is 1. The second-order valence-electron chi connectivity index (χ2n) is 5.23. The second-order valence-corrected chi connectivity index (χ2v) is 5.23. The Morgan fingerprint density at radius 2 is 1.88 bits per heavy atom. The number of carbonyl (C=O) groups excluding carboxylic acids is 1. The molecule has 0 radical (unpaired) electrons. The summed E-state index contributed by atoms with van der Waals surface area (Å²) in [6, 6.07) is 6.69. The van der Waals surface area contributed by atoms with Crippen molar-refractivity contribution in [1.82, 2.24) is 9.78 Å². The Hall–Kier alpha value is -2.90. The summed E-state index contributed by atoms with van der Waals surface area (Å²) in [5.41, 5.74) is 0.501. The molecule has 0 amide bonds. The topological polar surface area (TPSA) is 96.5 Å². The molecule has 24 heavy (non-hydrogen) atoms. The maximum absolute atomic E-state index is 12.0. The Balaban J connectivity index is 2.01. The Morgan fingerprint density at radius 3 is 2.42 bits per heavy atom. The number of ether oxygens (including phenoxy) is 2. The molecule has 0 N–H and O–H groups in total. The highest BCUT2D eigenvalue weighted by molar-refractivity contribution is 5.72. The first-order valence-electron chi connectivity index (χ1n) is 7.54. The molecule has 128 valence electrons. The van der Waals surface area contributed by atoms with Crippen LogP contribution in [0.25, 0.3) is 0 Å². The predicted molar refractivity (Wildman–Crippen MR) is 86.2 cm³/mol. The van der Waals surface area contributed by atoms with Crippen LogP contribution in [0.2, 0.25) is 0 Å². The van der Waals surface area contributed by atoms with E-state index in [-0.39, 0.29) is 17.9 Å².